The first-order valence-electron chi connectivity index (χ1n) is 25.3. The smallest absolute Gasteiger partial charge is 0.326 e. The van der Waals surface area contributed by atoms with Gasteiger partial charge in [0.2, 0.25) is 47.3 Å². The SMILES string of the molecule is CC(C)C[C@H](NC(=O)[C@H](CCC(=O)O)NC(=O)[C@H](CS)NC(=O)[C@@H](NC(=O)[C@H](CCC(=O)O)NC(=O)[C@H](CCCN=C(N)N)NC(=O)[C@H](CCCN=C(N)N)NC(=O)[C@@H]1CCCN1C(=O)[C@@H](N)CCC(=O)O)C(C)C)C(=O)O. The number of nitrogens with zero attached hydrogens (tertiary/aromatic N) is 3. The van der Waals surface area contributed by atoms with Crippen LogP contribution < -0.4 is 65.9 Å². The summed E-state index contributed by atoms with van der Waals surface area (Å²) in [5, 5.41) is 54.7. The minimum atomic E-state index is -1.70. The zero-order valence-electron chi connectivity index (χ0n) is 44.2. The lowest BCUT2D eigenvalue weighted by Crippen LogP contribution is -2.61. The average molecular weight is 1130 g/mol. The maximum atomic E-state index is 14.2. The van der Waals surface area contributed by atoms with Gasteiger partial charge < -0.3 is 91.2 Å². The van der Waals surface area contributed by atoms with Crippen LogP contribution in [0, 0.1) is 11.8 Å². The van der Waals surface area contributed by atoms with Gasteiger partial charge in [-0.15, -0.1) is 0 Å². The Hall–Kier alpha value is -7.51. The summed E-state index contributed by atoms with van der Waals surface area (Å²) < 4.78 is 0. The van der Waals surface area contributed by atoms with Crippen LogP contribution in [0.2, 0.25) is 0 Å². The van der Waals surface area contributed by atoms with Crippen molar-refractivity contribution in [3.8, 4) is 0 Å². The number of amides is 8. The summed E-state index contributed by atoms with van der Waals surface area (Å²) in [5.74, 6) is -14.7. The fourth-order valence-corrected chi connectivity index (χ4v) is 8.09. The number of likely N-dealkylation sites (tertiary alicyclic amines) is 1. The summed E-state index contributed by atoms with van der Waals surface area (Å²) in [6.07, 6.45) is -2.61. The molecule has 9 atom stereocenters. The van der Waals surface area contributed by atoms with E-state index < -0.39 is 169 Å². The number of thiol groups is 1. The topological polar surface area (TPSA) is 528 Å². The fraction of sp³-hybridized carbons (Fsp3) is 0.696. The molecule has 0 aromatic rings. The number of hydrogen-bond acceptors (Lipinski definition) is 16. The highest BCUT2D eigenvalue weighted by molar-refractivity contribution is 7.80. The van der Waals surface area contributed by atoms with Gasteiger partial charge in [-0.25, -0.2) is 4.79 Å². The van der Waals surface area contributed by atoms with Crippen molar-refractivity contribution in [2.75, 3.05) is 25.4 Å². The van der Waals surface area contributed by atoms with E-state index in [1.807, 2.05) is 0 Å². The Bertz CT molecular complexity index is 2180. The summed E-state index contributed by atoms with van der Waals surface area (Å²) in [6.45, 7) is 6.48. The summed E-state index contributed by atoms with van der Waals surface area (Å²) >= 11 is 4.15. The van der Waals surface area contributed by atoms with Crippen LogP contribution in [-0.4, -0.2) is 188 Å². The van der Waals surface area contributed by atoms with Gasteiger partial charge in [0.05, 0.1) is 6.04 Å². The van der Waals surface area contributed by atoms with Crippen molar-refractivity contribution in [2.24, 2.45) is 50.5 Å². The zero-order chi connectivity index (χ0) is 59.4. The van der Waals surface area contributed by atoms with Crippen molar-refractivity contribution < 1.29 is 78.0 Å². The molecule has 8 amide bonds. The molecule has 1 aliphatic heterocycles. The third kappa shape index (κ3) is 26.0. The molecule has 0 spiro atoms. The van der Waals surface area contributed by atoms with Crippen LogP contribution in [0.5, 0.6) is 0 Å². The van der Waals surface area contributed by atoms with Crippen molar-refractivity contribution in [3.05, 3.63) is 0 Å². The van der Waals surface area contributed by atoms with E-state index in [-0.39, 0.29) is 82.4 Å². The standard InChI is InChI=1S/C46H79N15O16S/c1-22(2)20-29(44(76)77)58-38(70)27(12-15-33(64)65)56-40(72)30(21-78)59-42(74)35(23(3)4)60-39(71)28(13-16-34(66)67)55-36(68)25(8-5-17-52-45(48)49)54-37(69)26(9-6-18-53-46(50)51)57-41(73)31-10-7-19-61(31)43(75)24(47)11-14-32(62)63/h22-31,35,78H,5-21,47H2,1-4H3,(H,54,69)(H,55,68)(H,56,72)(H,57,73)(H,58,70)(H,59,74)(H,60,71)(H,62,63)(H,64,65)(H,66,67)(H,76,77)(H4,48,49,52)(H4,50,51,53)/t24-,25-,26-,27-,28-,29-,30-,31-,35-/m0/s1. The first-order valence-corrected chi connectivity index (χ1v) is 25.9. The molecular weight excluding hydrogens is 1050 g/mol. The minimum absolute atomic E-state index is 0.00185. The molecule has 31 nitrogen and oxygen atoms in total. The molecule has 1 rings (SSSR count). The second kappa shape index (κ2) is 35.0. The van der Waals surface area contributed by atoms with Crippen molar-refractivity contribution >= 4 is 95.7 Å². The second-order valence-corrected chi connectivity index (χ2v) is 19.6. The highest BCUT2D eigenvalue weighted by Crippen LogP contribution is 2.20. The fourth-order valence-electron chi connectivity index (χ4n) is 7.83. The summed E-state index contributed by atoms with van der Waals surface area (Å²) in [4.78, 5) is 165. The minimum Gasteiger partial charge on any atom is -0.481 e. The number of aliphatic carboxylic acids is 4. The normalized spacial score (nSPS) is 16.1. The highest BCUT2D eigenvalue weighted by Gasteiger charge is 2.39. The van der Waals surface area contributed by atoms with Crippen LogP contribution >= 0.6 is 12.6 Å². The number of rotatable bonds is 37. The van der Waals surface area contributed by atoms with Crippen molar-refractivity contribution in [2.45, 2.75) is 166 Å². The van der Waals surface area contributed by atoms with Gasteiger partial charge in [-0.2, -0.15) is 12.6 Å². The number of hydrogen-bond donors (Lipinski definition) is 17. The van der Waals surface area contributed by atoms with Crippen molar-refractivity contribution in [1.82, 2.24) is 42.1 Å². The molecule has 0 aromatic heterocycles. The Morgan fingerprint density at radius 2 is 0.949 bits per heavy atom. The van der Waals surface area contributed by atoms with Gasteiger partial charge >= 0.3 is 23.9 Å². The molecule has 32 heteroatoms. The lowest BCUT2D eigenvalue weighted by molar-refractivity contribution is -0.143. The van der Waals surface area contributed by atoms with Gasteiger partial charge in [0.15, 0.2) is 11.9 Å². The molecule has 440 valence electrons. The molecule has 1 heterocycles. The molecule has 0 saturated carbocycles. The molecule has 21 N–H and O–H groups in total. The van der Waals surface area contributed by atoms with E-state index in [0.29, 0.717) is 6.42 Å². The Labute approximate surface area is 456 Å². The molecule has 1 aliphatic rings. The van der Waals surface area contributed by atoms with Crippen LogP contribution in [0.3, 0.4) is 0 Å². The Morgan fingerprint density at radius 1 is 0.551 bits per heavy atom. The number of nitrogens with one attached hydrogen (secondary N) is 7. The number of nitrogens with two attached hydrogens (primary N) is 5. The van der Waals surface area contributed by atoms with E-state index in [9.17, 15) is 72.9 Å². The lowest BCUT2D eigenvalue weighted by Gasteiger charge is -2.29. The largest absolute Gasteiger partial charge is 0.481 e. The van der Waals surface area contributed by atoms with Crippen LogP contribution in [0.15, 0.2) is 9.98 Å². The van der Waals surface area contributed by atoms with E-state index in [0.717, 1.165) is 0 Å². The second-order valence-electron chi connectivity index (χ2n) is 19.2. The first-order chi connectivity index (χ1) is 36.5. The zero-order valence-corrected chi connectivity index (χ0v) is 45.1. The third-order valence-electron chi connectivity index (χ3n) is 11.9. The maximum Gasteiger partial charge on any atom is 0.326 e. The van der Waals surface area contributed by atoms with Crippen LogP contribution in [0.1, 0.15) is 111 Å². The Morgan fingerprint density at radius 3 is 1.36 bits per heavy atom. The predicted octanol–water partition coefficient (Wildman–Crippen LogP) is -4.88. The first kappa shape index (κ1) is 68.5. The van der Waals surface area contributed by atoms with E-state index in [1.165, 1.54) is 18.7 Å². The predicted molar refractivity (Wildman–Crippen MR) is 282 cm³/mol. The van der Waals surface area contributed by atoms with E-state index >= 15 is 0 Å². The van der Waals surface area contributed by atoms with Crippen LogP contribution in [0.25, 0.3) is 0 Å². The number of carboxylic acid groups (broad SMARTS) is 4. The monoisotopic (exact) mass is 1130 g/mol. The van der Waals surface area contributed by atoms with Gasteiger partial charge in [-0.1, -0.05) is 27.7 Å². The molecule has 0 radical (unpaired) electrons. The molecule has 0 unspecified atom stereocenters. The highest BCUT2D eigenvalue weighted by atomic mass is 32.1. The van der Waals surface area contributed by atoms with Crippen molar-refractivity contribution in [3.63, 3.8) is 0 Å². The van der Waals surface area contributed by atoms with E-state index in [4.69, 9.17) is 33.8 Å². The van der Waals surface area contributed by atoms with Gasteiger partial charge in [-0.05, 0) is 76.0 Å². The lowest BCUT2D eigenvalue weighted by atomic mass is 10.0. The van der Waals surface area contributed by atoms with Crippen LogP contribution in [0.4, 0.5) is 0 Å². The molecular formula is C46H79N15O16S. The summed E-state index contributed by atoms with van der Waals surface area (Å²) in [6, 6.07) is -13.0. The number of guanidine groups is 2. The van der Waals surface area contributed by atoms with Crippen molar-refractivity contribution in [1.29, 1.82) is 0 Å². The number of carbonyl (C=O) groups is 12. The molecule has 0 aliphatic carbocycles. The Kier molecular flexibility index (Phi) is 30.7. The van der Waals surface area contributed by atoms with E-state index in [1.54, 1.807) is 13.8 Å². The Balaban J connectivity index is 3.52. The average Bonchev–Trinajstić information content (AvgIpc) is 3.85. The molecule has 1 saturated heterocycles. The third-order valence-corrected chi connectivity index (χ3v) is 12.3. The molecule has 0 bridgehead atoms. The maximum absolute atomic E-state index is 14.2. The summed E-state index contributed by atoms with van der Waals surface area (Å²) in [5.41, 5.74) is 27.9. The quantitative estimate of drug-likeness (QED) is 0.0120. The van der Waals surface area contributed by atoms with E-state index in [2.05, 4.69) is 59.8 Å². The molecule has 78 heavy (non-hydrogen) atoms. The summed E-state index contributed by atoms with van der Waals surface area (Å²) in [7, 11) is 0. The number of carboxylic acids is 4. The molecule has 1 fully saturated rings. The number of aliphatic imine (C=N–C) groups is 2. The van der Waals surface area contributed by atoms with Gasteiger partial charge in [0.25, 0.3) is 0 Å². The van der Waals surface area contributed by atoms with Gasteiger partial charge in [-0.3, -0.25) is 62.7 Å². The molecule has 0 aromatic carbocycles. The van der Waals surface area contributed by atoms with Gasteiger partial charge in [0.1, 0.15) is 48.3 Å². The number of carbonyl (C=O) groups excluding carboxylic acids is 8. The van der Waals surface area contributed by atoms with Gasteiger partial charge in [0, 0.05) is 44.6 Å². The van der Waals surface area contributed by atoms with Crippen LogP contribution in [-0.2, 0) is 57.5 Å².